The number of nitrogens with zero attached hydrogens (tertiary/aromatic N) is 1. The molecule has 0 saturated heterocycles. The molecule has 0 aromatic rings. The number of hydrogen-bond acceptors (Lipinski definition) is 2. The minimum atomic E-state index is -3.66. The molecule has 0 aromatic heterocycles. The first-order valence-corrected chi connectivity index (χ1v) is 6.45. The van der Waals surface area contributed by atoms with Crippen LogP contribution in [0.1, 0.15) is 26.7 Å². The van der Waals surface area contributed by atoms with Crippen LogP contribution in [0.2, 0.25) is 0 Å². The highest BCUT2D eigenvalue weighted by molar-refractivity contribution is 8.11. The summed E-state index contributed by atoms with van der Waals surface area (Å²) in [6.45, 7) is 3.93. The van der Waals surface area contributed by atoms with E-state index < -0.39 is 14.7 Å². The SMILES string of the molecule is CCCCN(C(C)Cl)S(=O)(=O)Cl. The first-order valence-electron chi connectivity index (χ1n) is 3.75. The minimum Gasteiger partial charge on any atom is -0.195 e. The van der Waals surface area contributed by atoms with Crippen molar-refractivity contribution in [3.8, 4) is 0 Å². The maximum Gasteiger partial charge on any atom is 0.301 e. The summed E-state index contributed by atoms with van der Waals surface area (Å²) in [5.74, 6) is 0. The molecule has 0 bridgehead atoms. The summed E-state index contributed by atoms with van der Waals surface area (Å²) < 4.78 is 22.8. The third-order valence-corrected chi connectivity index (χ3v) is 3.35. The monoisotopic (exact) mass is 233 g/mol. The molecule has 0 spiro atoms. The van der Waals surface area contributed by atoms with Crippen LogP contribution in [0.15, 0.2) is 0 Å². The highest BCUT2D eigenvalue weighted by atomic mass is 35.7. The third kappa shape index (κ3) is 4.50. The molecule has 0 amide bonds. The van der Waals surface area contributed by atoms with Crippen LogP contribution in [0.4, 0.5) is 0 Å². The molecular weight excluding hydrogens is 221 g/mol. The van der Waals surface area contributed by atoms with Crippen molar-refractivity contribution in [2.75, 3.05) is 6.54 Å². The summed E-state index contributed by atoms with van der Waals surface area (Å²) in [7, 11) is 1.48. The smallest absolute Gasteiger partial charge is 0.195 e. The lowest BCUT2D eigenvalue weighted by Crippen LogP contribution is -2.33. The van der Waals surface area contributed by atoms with Crippen LogP contribution in [-0.4, -0.2) is 24.8 Å². The summed E-state index contributed by atoms with van der Waals surface area (Å²) in [5.41, 5.74) is -0.584. The Bertz CT molecular complexity index is 216. The van der Waals surface area contributed by atoms with Crippen molar-refractivity contribution in [1.29, 1.82) is 0 Å². The van der Waals surface area contributed by atoms with Gasteiger partial charge in [-0.05, 0) is 13.3 Å². The van der Waals surface area contributed by atoms with E-state index in [0.29, 0.717) is 6.54 Å². The molecule has 0 radical (unpaired) electrons. The van der Waals surface area contributed by atoms with Crippen molar-refractivity contribution in [2.45, 2.75) is 32.2 Å². The molecule has 6 heteroatoms. The predicted molar refractivity (Wildman–Crippen MR) is 51.7 cm³/mol. The number of hydrogen-bond donors (Lipinski definition) is 0. The van der Waals surface area contributed by atoms with E-state index in [-0.39, 0.29) is 0 Å². The highest BCUT2D eigenvalue weighted by Gasteiger charge is 2.22. The van der Waals surface area contributed by atoms with Crippen LogP contribution >= 0.6 is 22.3 Å². The molecule has 0 N–H and O–H groups in total. The van der Waals surface area contributed by atoms with Crippen molar-refractivity contribution in [2.24, 2.45) is 0 Å². The van der Waals surface area contributed by atoms with Crippen molar-refractivity contribution in [3.63, 3.8) is 0 Å². The summed E-state index contributed by atoms with van der Waals surface area (Å²) in [6, 6.07) is 0. The Morgan fingerprint density at radius 2 is 2.00 bits per heavy atom. The lowest BCUT2D eigenvalue weighted by atomic mass is 10.3. The quantitative estimate of drug-likeness (QED) is 0.415. The van der Waals surface area contributed by atoms with Gasteiger partial charge < -0.3 is 0 Å². The van der Waals surface area contributed by atoms with Crippen molar-refractivity contribution < 1.29 is 8.42 Å². The molecule has 74 valence electrons. The lowest BCUT2D eigenvalue weighted by Gasteiger charge is -2.19. The second kappa shape index (κ2) is 5.27. The number of rotatable bonds is 5. The third-order valence-electron chi connectivity index (χ3n) is 1.41. The van der Waals surface area contributed by atoms with Gasteiger partial charge in [-0.25, -0.2) is 0 Å². The van der Waals surface area contributed by atoms with Gasteiger partial charge >= 0.3 is 9.24 Å². The molecular formula is C6H13Cl2NO2S. The molecule has 0 rings (SSSR count). The molecule has 0 aromatic carbocycles. The van der Waals surface area contributed by atoms with Crippen LogP contribution in [0, 0.1) is 0 Å². The van der Waals surface area contributed by atoms with Gasteiger partial charge in [0, 0.05) is 17.2 Å². The number of halogens is 2. The van der Waals surface area contributed by atoms with Gasteiger partial charge in [0.15, 0.2) is 0 Å². The molecule has 0 heterocycles. The fraction of sp³-hybridized carbons (Fsp3) is 1.00. The van der Waals surface area contributed by atoms with Gasteiger partial charge in [-0.15, -0.1) is 11.6 Å². The molecule has 0 saturated carbocycles. The van der Waals surface area contributed by atoms with Crippen molar-refractivity contribution in [3.05, 3.63) is 0 Å². The first kappa shape index (κ1) is 12.5. The zero-order valence-electron chi connectivity index (χ0n) is 7.13. The molecule has 0 fully saturated rings. The summed E-state index contributed by atoms with van der Waals surface area (Å²) in [6.07, 6.45) is 1.68. The maximum absolute atomic E-state index is 10.9. The molecule has 3 nitrogen and oxygen atoms in total. The Balaban J connectivity index is 4.26. The Morgan fingerprint density at radius 1 is 1.50 bits per heavy atom. The van der Waals surface area contributed by atoms with E-state index in [1.54, 1.807) is 6.92 Å². The van der Waals surface area contributed by atoms with Crippen LogP contribution < -0.4 is 0 Å². The molecule has 12 heavy (non-hydrogen) atoms. The van der Waals surface area contributed by atoms with E-state index in [1.165, 1.54) is 0 Å². The van der Waals surface area contributed by atoms with Crippen molar-refractivity contribution >= 4 is 31.5 Å². The average molecular weight is 234 g/mol. The highest BCUT2D eigenvalue weighted by Crippen LogP contribution is 2.14. The zero-order chi connectivity index (χ0) is 9.78. The number of alkyl halides is 1. The number of unbranched alkanes of at least 4 members (excludes halogenated alkanes) is 1. The topological polar surface area (TPSA) is 37.4 Å². The molecule has 0 aliphatic carbocycles. The normalized spacial score (nSPS) is 15.1. The van der Waals surface area contributed by atoms with E-state index in [1.807, 2.05) is 6.92 Å². The summed E-state index contributed by atoms with van der Waals surface area (Å²) >= 11 is 5.63. The Kier molecular flexibility index (Phi) is 5.48. The van der Waals surface area contributed by atoms with Gasteiger partial charge in [0.25, 0.3) is 0 Å². The van der Waals surface area contributed by atoms with Gasteiger partial charge in [0.2, 0.25) is 0 Å². The molecule has 0 aliphatic heterocycles. The minimum absolute atomic E-state index is 0.382. The Labute approximate surface area is 83.2 Å². The summed E-state index contributed by atoms with van der Waals surface area (Å²) in [4.78, 5) is 0. The van der Waals surface area contributed by atoms with Crippen molar-refractivity contribution in [1.82, 2.24) is 4.31 Å². The van der Waals surface area contributed by atoms with Gasteiger partial charge in [-0.1, -0.05) is 13.3 Å². The molecule has 1 atom stereocenters. The summed E-state index contributed by atoms with van der Waals surface area (Å²) in [5, 5.41) is 0. The Hall–Kier alpha value is 0.490. The van der Waals surface area contributed by atoms with Gasteiger partial charge in [0.05, 0.1) is 5.50 Å². The zero-order valence-corrected chi connectivity index (χ0v) is 9.45. The second-order valence-corrected chi connectivity index (χ2v) is 5.58. The van der Waals surface area contributed by atoms with Crippen LogP contribution in [0.3, 0.4) is 0 Å². The average Bonchev–Trinajstić information content (AvgIpc) is 1.84. The van der Waals surface area contributed by atoms with Crippen LogP contribution in [0.25, 0.3) is 0 Å². The van der Waals surface area contributed by atoms with E-state index in [0.717, 1.165) is 17.1 Å². The molecule has 0 aliphatic rings. The standard InChI is InChI=1S/C6H13Cl2NO2S/c1-3-4-5-9(6(2)7)12(8,10)11/h6H,3-5H2,1-2H3. The first-order chi connectivity index (χ1) is 5.39. The van der Waals surface area contributed by atoms with E-state index in [9.17, 15) is 8.42 Å². The van der Waals surface area contributed by atoms with Crippen LogP contribution in [0.5, 0.6) is 0 Å². The maximum atomic E-state index is 10.9. The predicted octanol–water partition coefficient (Wildman–Crippen LogP) is 2.16. The van der Waals surface area contributed by atoms with Gasteiger partial charge in [-0.3, -0.25) is 0 Å². The fourth-order valence-corrected chi connectivity index (χ4v) is 2.57. The van der Waals surface area contributed by atoms with E-state index in [4.69, 9.17) is 22.3 Å². The fourth-order valence-electron chi connectivity index (χ4n) is 0.774. The largest absolute Gasteiger partial charge is 0.301 e. The van der Waals surface area contributed by atoms with Gasteiger partial charge in [-0.2, -0.15) is 12.7 Å². The van der Waals surface area contributed by atoms with Gasteiger partial charge in [0.1, 0.15) is 0 Å². The Morgan fingerprint density at radius 3 is 2.25 bits per heavy atom. The lowest BCUT2D eigenvalue weighted by molar-refractivity contribution is 0.403. The molecule has 1 unspecified atom stereocenters. The van der Waals surface area contributed by atoms with E-state index in [2.05, 4.69) is 0 Å². The second-order valence-electron chi connectivity index (χ2n) is 2.48. The van der Waals surface area contributed by atoms with Crippen LogP contribution in [-0.2, 0) is 9.24 Å². The van der Waals surface area contributed by atoms with E-state index >= 15 is 0 Å².